The number of imidazole rings is 1. The molecule has 1 atom stereocenters. The molecule has 2 rings (SSSR count). The van der Waals surface area contributed by atoms with Gasteiger partial charge in [-0.15, -0.1) is 0 Å². The standard InChI is InChI=1S/C12H17N3O/c1-12(2,16)11(13)8-4-5-10-9(6-8)14-7-15(10)3/h4-7,11,16H,13H2,1-3H3. The molecule has 2 aromatic rings. The Morgan fingerprint density at radius 1 is 1.44 bits per heavy atom. The van der Waals surface area contributed by atoms with E-state index in [1.54, 1.807) is 20.2 Å². The van der Waals surface area contributed by atoms with Crippen molar-refractivity contribution in [3.63, 3.8) is 0 Å². The average molecular weight is 219 g/mol. The van der Waals surface area contributed by atoms with E-state index in [-0.39, 0.29) is 0 Å². The third-order valence-electron chi connectivity index (χ3n) is 2.87. The minimum Gasteiger partial charge on any atom is -0.388 e. The van der Waals surface area contributed by atoms with Crippen LogP contribution in [0.25, 0.3) is 11.0 Å². The Morgan fingerprint density at radius 2 is 2.12 bits per heavy atom. The van der Waals surface area contributed by atoms with E-state index < -0.39 is 11.6 Å². The van der Waals surface area contributed by atoms with Crippen molar-refractivity contribution >= 4 is 11.0 Å². The minimum atomic E-state index is -0.928. The fourth-order valence-corrected chi connectivity index (χ4v) is 1.75. The Bertz CT molecular complexity index is 510. The van der Waals surface area contributed by atoms with Crippen molar-refractivity contribution in [2.24, 2.45) is 12.8 Å². The van der Waals surface area contributed by atoms with Gasteiger partial charge in [0.05, 0.1) is 29.0 Å². The number of rotatable bonds is 2. The monoisotopic (exact) mass is 219 g/mol. The highest BCUT2D eigenvalue weighted by Crippen LogP contribution is 2.25. The second kappa shape index (κ2) is 3.57. The molecule has 1 unspecified atom stereocenters. The minimum absolute atomic E-state index is 0.404. The zero-order chi connectivity index (χ0) is 11.9. The Labute approximate surface area is 94.7 Å². The molecule has 0 radical (unpaired) electrons. The van der Waals surface area contributed by atoms with E-state index in [4.69, 9.17) is 5.73 Å². The quantitative estimate of drug-likeness (QED) is 0.801. The summed E-state index contributed by atoms with van der Waals surface area (Å²) in [4.78, 5) is 4.27. The number of aliphatic hydroxyl groups is 1. The van der Waals surface area contributed by atoms with Crippen molar-refractivity contribution < 1.29 is 5.11 Å². The molecule has 1 aromatic carbocycles. The highest BCUT2D eigenvalue weighted by molar-refractivity contribution is 5.76. The Kier molecular flexibility index (Phi) is 2.48. The average Bonchev–Trinajstić information content (AvgIpc) is 2.57. The lowest BCUT2D eigenvalue weighted by Crippen LogP contribution is -2.35. The van der Waals surface area contributed by atoms with Gasteiger partial charge in [-0.25, -0.2) is 4.98 Å². The maximum atomic E-state index is 9.87. The van der Waals surface area contributed by atoms with Gasteiger partial charge in [-0.1, -0.05) is 6.07 Å². The van der Waals surface area contributed by atoms with Crippen LogP contribution < -0.4 is 5.73 Å². The van der Waals surface area contributed by atoms with Crippen LogP contribution in [0.4, 0.5) is 0 Å². The van der Waals surface area contributed by atoms with Crippen LogP contribution in [-0.4, -0.2) is 20.3 Å². The molecule has 0 saturated carbocycles. The van der Waals surface area contributed by atoms with Gasteiger partial charge in [-0.05, 0) is 31.5 Å². The van der Waals surface area contributed by atoms with Crippen LogP contribution in [0, 0.1) is 0 Å². The maximum Gasteiger partial charge on any atom is 0.0955 e. The van der Waals surface area contributed by atoms with E-state index in [0.29, 0.717) is 0 Å². The maximum absolute atomic E-state index is 9.87. The number of nitrogens with two attached hydrogens (primary N) is 1. The summed E-state index contributed by atoms with van der Waals surface area (Å²) < 4.78 is 1.95. The Hall–Kier alpha value is -1.39. The van der Waals surface area contributed by atoms with Crippen LogP contribution in [0.1, 0.15) is 25.5 Å². The summed E-state index contributed by atoms with van der Waals surface area (Å²) in [5.41, 5.74) is 7.92. The first-order valence-corrected chi connectivity index (χ1v) is 5.28. The largest absolute Gasteiger partial charge is 0.388 e. The van der Waals surface area contributed by atoms with Crippen molar-refractivity contribution in [3.05, 3.63) is 30.1 Å². The van der Waals surface area contributed by atoms with Crippen molar-refractivity contribution in [2.45, 2.75) is 25.5 Å². The zero-order valence-electron chi connectivity index (χ0n) is 9.81. The molecule has 0 aliphatic carbocycles. The van der Waals surface area contributed by atoms with Gasteiger partial charge in [0.25, 0.3) is 0 Å². The number of aromatic nitrogens is 2. The molecule has 4 heteroatoms. The van der Waals surface area contributed by atoms with Gasteiger partial charge >= 0.3 is 0 Å². The molecule has 0 amide bonds. The van der Waals surface area contributed by atoms with E-state index in [9.17, 15) is 5.11 Å². The molecule has 0 aliphatic rings. The summed E-state index contributed by atoms with van der Waals surface area (Å²) in [6.07, 6.45) is 1.77. The first kappa shape index (κ1) is 11.1. The first-order valence-electron chi connectivity index (χ1n) is 5.28. The third kappa shape index (κ3) is 1.81. The molecule has 86 valence electrons. The molecule has 0 bridgehead atoms. The van der Waals surface area contributed by atoms with E-state index in [2.05, 4.69) is 4.98 Å². The normalized spacial score (nSPS) is 14.3. The van der Waals surface area contributed by atoms with Crippen LogP contribution in [0.15, 0.2) is 24.5 Å². The lowest BCUT2D eigenvalue weighted by molar-refractivity contribution is 0.0518. The molecular weight excluding hydrogens is 202 g/mol. The van der Waals surface area contributed by atoms with E-state index in [0.717, 1.165) is 16.6 Å². The van der Waals surface area contributed by atoms with Gasteiger partial charge in [0.1, 0.15) is 0 Å². The molecular formula is C12H17N3O. The smallest absolute Gasteiger partial charge is 0.0955 e. The van der Waals surface area contributed by atoms with Gasteiger partial charge in [-0.2, -0.15) is 0 Å². The van der Waals surface area contributed by atoms with Crippen molar-refractivity contribution in [3.8, 4) is 0 Å². The van der Waals surface area contributed by atoms with Crippen molar-refractivity contribution in [1.29, 1.82) is 0 Å². The van der Waals surface area contributed by atoms with Gasteiger partial charge in [0.2, 0.25) is 0 Å². The predicted molar refractivity (Wildman–Crippen MR) is 63.9 cm³/mol. The summed E-state index contributed by atoms with van der Waals surface area (Å²) in [6, 6.07) is 5.44. The van der Waals surface area contributed by atoms with Crippen LogP contribution in [0.5, 0.6) is 0 Å². The molecule has 3 N–H and O–H groups in total. The van der Waals surface area contributed by atoms with Gasteiger partial charge in [0.15, 0.2) is 0 Å². The van der Waals surface area contributed by atoms with Gasteiger partial charge in [-0.3, -0.25) is 0 Å². The number of nitrogens with zero attached hydrogens (tertiary/aromatic N) is 2. The fourth-order valence-electron chi connectivity index (χ4n) is 1.75. The van der Waals surface area contributed by atoms with E-state index in [1.807, 2.05) is 29.8 Å². The molecule has 4 nitrogen and oxygen atoms in total. The highest BCUT2D eigenvalue weighted by atomic mass is 16.3. The summed E-state index contributed by atoms with van der Waals surface area (Å²) >= 11 is 0. The van der Waals surface area contributed by atoms with Gasteiger partial charge in [0, 0.05) is 7.05 Å². The van der Waals surface area contributed by atoms with Crippen LogP contribution in [-0.2, 0) is 7.05 Å². The molecule has 1 heterocycles. The van der Waals surface area contributed by atoms with Crippen molar-refractivity contribution in [2.75, 3.05) is 0 Å². The lowest BCUT2D eigenvalue weighted by Gasteiger charge is -2.25. The first-order chi connectivity index (χ1) is 7.39. The third-order valence-corrected chi connectivity index (χ3v) is 2.87. The zero-order valence-corrected chi connectivity index (χ0v) is 9.81. The molecule has 0 fully saturated rings. The SMILES string of the molecule is Cn1cnc2cc(C(N)C(C)(C)O)ccc21. The number of benzene rings is 1. The predicted octanol–water partition coefficient (Wildman–Crippen LogP) is 1.34. The Balaban J connectivity index is 2.47. The summed E-state index contributed by atoms with van der Waals surface area (Å²) in [5, 5.41) is 9.87. The molecule has 0 aliphatic heterocycles. The summed E-state index contributed by atoms with van der Waals surface area (Å²) in [7, 11) is 1.95. The van der Waals surface area contributed by atoms with Gasteiger partial charge < -0.3 is 15.4 Å². The van der Waals surface area contributed by atoms with Crippen LogP contribution in [0.3, 0.4) is 0 Å². The summed E-state index contributed by atoms with van der Waals surface area (Å²) in [5.74, 6) is 0. The molecule has 0 saturated heterocycles. The second-order valence-corrected chi connectivity index (χ2v) is 4.73. The van der Waals surface area contributed by atoms with E-state index >= 15 is 0 Å². The number of aryl methyl sites for hydroxylation is 1. The molecule has 0 spiro atoms. The number of hydrogen-bond donors (Lipinski definition) is 2. The fraction of sp³-hybridized carbons (Fsp3) is 0.417. The Morgan fingerprint density at radius 3 is 2.75 bits per heavy atom. The second-order valence-electron chi connectivity index (χ2n) is 4.73. The lowest BCUT2D eigenvalue weighted by atomic mass is 9.92. The summed E-state index contributed by atoms with van der Waals surface area (Å²) in [6.45, 7) is 3.42. The van der Waals surface area contributed by atoms with Crippen molar-refractivity contribution in [1.82, 2.24) is 9.55 Å². The topological polar surface area (TPSA) is 64.1 Å². The molecule has 1 aromatic heterocycles. The number of hydrogen-bond acceptors (Lipinski definition) is 3. The molecule has 16 heavy (non-hydrogen) atoms. The van der Waals surface area contributed by atoms with Crippen LogP contribution >= 0.6 is 0 Å². The number of fused-ring (bicyclic) bond motifs is 1. The highest BCUT2D eigenvalue weighted by Gasteiger charge is 2.24. The van der Waals surface area contributed by atoms with Crippen LogP contribution in [0.2, 0.25) is 0 Å². The van der Waals surface area contributed by atoms with E-state index in [1.165, 1.54) is 0 Å².